The molecule has 1 heterocycles. The summed E-state index contributed by atoms with van der Waals surface area (Å²) >= 11 is 8.45. The molecule has 0 fully saturated rings. The van der Waals surface area contributed by atoms with Gasteiger partial charge >= 0.3 is 6.18 Å². The zero-order valence-corrected chi connectivity index (χ0v) is 11.0. The van der Waals surface area contributed by atoms with Gasteiger partial charge in [-0.1, -0.05) is 15.9 Å². The van der Waals surface area contributed by atoms with E-state index in [0.29, 0.717) is 0 Å². The monoisotopic (exact) mass is 340 g/mol. The van der Waals surface area contributed by atoms with Crippen molar-refractivity contribution in [3.8, 4) is 5.69 Å². The van der Waals surface area contributed by atoms with Crippen LogP contribution in [-0.4, -0.2) is 20.2 Å². The molecule has 9 heteroatoms. The van der Waals surface area contributed by atoms with Gasteiger partial charge in [-0.2, -0.15) is 17.9 Å². The molecular weight excluding hydrogens is 336 g/mol. The van der Waals surface area contributed by atoms with E-state index in [-0.39, 0.29) is 21.9 Å². The molecule has 0 saturated carbocycles. The van der Waals surface area contributed by atoms with E-state index in [1.807, 2.05) is 0 Å². The van der Waals surface area contributed by atoms with E-state index >= 15 is 0 Å². The Balaban J connectivity index is 2.54. The summed E-state index contributed by atoms with van der Waals surface area (Å²) in [6.07, 6.45) is -4.45. The SMILES string of the molecule is FC(F)(F)c1cc(-n2nnnc2CCl)ccc1Br. The molecule has 0 unspecified atom stereocenters. The molecule has 1 aromatic carbocycles. The summed E-state index contributed by atoms with van der Waals surface area (Å²) in [6.45, 7) is 0. The average molecular weight is 342 g/mol. The van der Waals surface area contributed by atoms with E-state index in [1.165, 1.54) is 12.1 Å². The third-order valence-electron chi connectivity index (χ3n) is 2.15. The van der Waals surface area contributed by atoms with Crippen LogP contribution in [0.25, 0.3) is 5.69 Å². The lowest BCUT2D eigenvalue weighted by Gasteiger charge is -2.11. The van der Waals surface area contributed by atoms with Crippen molar-refractivity contribution in [2.24, 2.45) is 0 Å². The predicted octanol–water partition coefficient (Wildman–Crippen LogP) is 3.18. The van der Waals surface area contributed by atoms with Gasteiger partial charge in [0.25, 0.3) is 0 Å². The van der Waals surface area contributed by atoms with Crippen LogP contribution >= 0.6 is 27.5 Å². The van der Waals surface area contributed by atoms with Crippen molar-refractivity contribution in [2.45, 2.75) is 12.1 Å². The molecule has 0 aliphatic carbocycles. The molecule has 2 rings (SSSR count). The molecule has 4 nitrogen and oxygen atoms in total. The Hall–Kier alpha value is -1.15. The second-order valence-electron chi connectivity index (χ2n) is 3.30. The maximum atomic E-state index is 12.7. The highest BCUT2D eigenvalue weighted by atomic mass is 79.9. The Kier molecular flexibility index (Phi) is 3.58. The highest BCUT2D eigenvalue weighted by Gasteiger charge is 2.33. The molecule has 0 atom stereocenters. The van der Waals surface area contributed by atoms with Crippen LogP contribution in [-0.2, 0) is 12.1 Å². The van der Waals surface area contributed by atoms with E-state index in [1.54, 1.807) is 0 Å². The summed E-state index contributed by atoms with van der Waals surface area (Å²) < 4.78 is 39.3. The Morgan fingerprint density at radius 1 is 1.33 bits per heavy atom. The van der Waals surface area contributed by atoms with Crippen LogP contribution in [0.15, 0.2) is 22.7 Å². The largest absolute Gasteiger partial charge is 0.417 e. The topological polar surface area (TPSA) is 43.6 Å². The minimum Gasteiger partial charge on any atom is -0.196 e. The number of aromatic nitrogens is 4. The van der Waals surface area contributed by atoms with Gasteiger partial charge in [0.1, 0.15) is 0 Å². The molecule has 0 spiro atoms. The van der Waals surface area contributed by atoms with Crippen LogP contribution in [0.3, 0.4) is 0 Å². The number of halogens is 5. The first-order valence-electron chi connectivity index (χ1n) is 4.64. The molecule has 0 bridgehead atoms. The lowest BCUT2D eigenvalue weighted by molar-refractivity contribution is -0.138. The zero-order valence-electron chi connectivity index (χ0n) is 8.62. The molecular formula is C9H5BrClF3N4. The molecule has 0 saturated heterocycles. The first-order chi connectivity index (χ1) is 8.43. The zero-order chi connectivity index (χ0) is 13.3. The molecule has 0 N–H and O–H groups in total. The van der Waals surface area contributed by atoms with Crippen molar-refractivity contribution in [1.29, 1.82) is 0 Å². The Bertz CT molecular complexity index is 569. The maximum absolute atomic E-state index is 12.7. The third kappa shape index (κ3) is 2.49. The number of tetrazole rings is 1. The van der Waals surface area contributed by atoms with E-state index in [9.17, 15) is 13.2 Å². The summed E-state index contributed by atoms with van der Waals surface area (Å²) in [5, 5.41) is 10.6. The predicted molar refractivity (Wildman–Crippen MR) is 61.4 cm³/mol. The van der Waals surface area contributed by atoms with Crippen LogP contribution in [0.5, 0.6) is 0 Å². The number of benzene rings is 1. The number of hydrogen-bond acceptors (Lipinski definition) is 3. The summed E-state index contributed by atoms with van der Waals surface area (Å²) in [4.78, 5) is 0. The highest BCUT2D eigenvalue weighted by molar-refractivity contribution is 9.10. The minimum absolute atomic E-state index is 0.00438. The highest BCUT2D eigenvalue weighted by Crippen LogP contribution is 2.35. The van der Waals surface area contributed by atoms with E-state index in [2.05, 4.69) is 31.5 Å². The molecule has 18 heavy (non-hydrogen) atoms. The fourth-order valence-corrected chi connectivity index (χ4v) is 1.99. The summed E-state index contributed by atoms with van der Waals surface area (Å²) in [5.74, 6) is 0.275. The molecule has 96 valence electrons. The van der Waals surface area contributed by atoms with Gasteiger partial charge in [-0.3, -0.25) is 0 Å². The van der Waals surface area contributed by atoms with Gasteiger partial charge in [-0.05, 0) is 28.6 Å². The van der Waals surface area contributed by atoms with Crippen LogP contribution in [0.2, 0.25) is 0 Å². The fraction of sp³-hybridized carbons (Fsp3) is 0.222. The Morgan fingerprint density at radius 2 is 2.06 bits per heavy atom. The average Bonchev–Trinajstić information content (AvgIpc) is 2.76. The van der Waals surface area contributed by atoms with Crippen molar-refractivity contribution in [2.75, 3.05) is 0 Å². The number of hydrogen-bond donors (Lipinski definition) is 0. The van der Waals surface area contributed by atoms with Crippen molar-refractivity contribution in [3.05, 3.63) is 34.1 Å². The van der Waals surface area contributed by atoms with E-state index in [4.69, 9.17) is 11.6 Å². The standard InChI is InChI=1S/C9H5BrClF3N4/c10-7-2-1-5(3-6(7)9(12,13)14)18-8(4-11)15-16-17-18/h1-3H,4H2. The molecule has 1 aromatic heterocycles. The van der Waals surface area contributed by atoms with E-state index in [0.717, 1.165) is 10.7 Å². The normalized spacial score (nSPS) is 11.8. The lowest BCUT2D eigenvalue weighted by Crippen LogP contribution is -2.09. The van der Waals surface area contributed by atoms with Crippen molar-refractivity contribution >= 4 is 27.5 Å². The van der Waals surface area contributed by atoms with Crippen molar-refractivity contribution in [1.82, 2.24) is 20.2 Å². The number of alkyl halides is 4. The van der Waals surface area contributed by atoms with Gasteiger partial charge < -0.3 is 0 Å². The second kappa shape index (κ2) is 4.85. The lowest BCUT2D eigenvalue weighted by atomic mass is 10.2. The molecule has 0 aliphatic heterocycles. The van der Waals surface area contributed by atoms with Crippen LogP contribution in [0.4, 0.5) is 13.2 Å². The third-order valence-corrected chi connectivity index (χ3v) is 3.08. The smallest absolute Gasteiger partial charge is 0.196 e. The van der Waals surface area contributed by atoms with Gasteiger partial charge in [-0.25, -0.2) is 0 Å². The second-order valence-corrected chi connectivity index (χ2v) is 4.42. The first kappa shape index (κ1) is 13.3. The van der Waals surface area contributed by atoms with Gasteiger partial charge in [0.2, 0.25) is 0 Å². The summed E-state index contributed by atoms with van der Waals surface area (Å²) in [7, 11) is 0. The maximum Gasteiger partial charge on any atom is 0.417 e. The Labute approximate surface area is 113 Å². The molecule has 0 radical (unpaired) electrons. The van der Waals surface area contributed by atoms with Crippen molar-refractivity contribution < 1.29 is 13.2 Å². The number of rotatable bonds is 2. The van der Waals surface area contributed by atoms with Crippen LogP contribution in [0, 0.1) is 0 Å². The van der Waals surface area contributed by atoms with Gasteiger partial charge in [0.15, 0.2) is 5.82 Å². The summed E-state index contributed by atoms with van der Waals surface area (Å²) in [6, 6.07) is 3.71. The van der Waals surface area contributed by atoms with E-state index < -0.39 is 11.7 Å². The van der Waals surface area contributed by atoms with Crippen molar-refractivity contribution in [3.63, 3.8) is 0 Å². The van der Waals surface area contributed by atoms with Crippen LogP contribution in [0.1, 0.15) is 11.4 Å². The fourth-order valence-electron chi connectivity index (χ4n) is 1.35. The van der Waals surface area contributed by atoms with Gasteiger partial charge in [-0.15, -0.1) is 16.7 Å². The quantitative estimate of drug-likeness (QED) is 0.788. The molecule has 0 amide bonds. The Morgan fingerprint density at radius 3 is 2.67 bits per heavy atom. The molecule has 2 aromatic rings. The summed E-state index contributed by atoms with van der Waals surface area (Å²) in [5.41, 5.74) is -0.595. The molecule has 0 aliphatic rings. The van der Waals surface area contributed by atoms with Gasteiger partial charge in [0.05, 0.1) is 17.1 Å². The minimum atomic E-state index is -4.45. The number of nitrogens with zero attached hydrogens (tertiary/aromatic N) is 4. The van der Waals surface area contributed by atoms with Gasteiger partial charge in [0, 0.05) is 4.47 Å². The van der Waals surface area contributed by atoms with Crippen LogP contribution < -0.4 is 0 Å². The first-order valence-corrected chi connectivity index (χ1v) is 5.96.